The van der Waals surface area contributed by atoms with Crippen LogP contribution in [0.15, 0.2) is 18.2 Å². The Morgan fingerprint density at radius 2 is 1.94 bits per heavy atom. The van der Waals surface area contributed by atoms with E-state index in [4.69, 9.17) is 5.73 Å². The lowest BCUT2D eigenvalue weighted by atomic mass is 10.2. The smallest absolute Gasteiger partial charge is 0.301 e. The first-order chi connectivity index (χ1) is 7.74. The number of nitrogens with two attached hydrogens (primary N) is 1. The molecule has 1 aromatic carbocycles. The number of benzene rings is 1. The molecule has 17 heavy (non-hydrogen) atoms. The molecule has 0 fully saturated rings. The summed E-state index contributed by atoms with van der Waals surface area (Å²) in [7, 11) is -1.96. The van der Waals surface area contributed by atoms with Gasteiger partial charge in [-0.3, -0.25) is 4.72 Å². The van der Waals surface area contributed by atoms with Crippen molar-refractivity contribution in [3.63, 3.8) is 0 Å². The number of hydrogen-bond acceptors (Lipinski definition) is 3. The van der Waals surface area contributed by atoms with Crippen LogP contribution in [0.2, 0.25) is 0 Å². The van der Waals surface area contributed by atoms with Crippen LogP contribution in [-0.4, -0.2) is 25.8 Å². The number of nitrogens with one attached hydrogen (secondary N) is 1. The van der Waals surface area contributed by atoms with Crippen molar-refractivity contribution in [2.75, 3.05) is 17.5 Å². The lowest BCUT2D eigenvalue weighted by molar-refractivity contribution is 0.414. The first kappa shape index (κ1) is 13.8. The van der Waals surface area contributed by atoms with Gasteiger partial charge in [0.1, 0.15) is 0 Å². The summed E-state index contributed by atoms with van der Waals surface area (Å²) in [6, 6.07) is 4.96. The van der Waals surface area contributed by atoms with Crippen LogP contribution < -0.4 is 10.5 Å². The van der Waals surface area contributed by atoms with Gasteiger partial charge in [-0.15, -0.1) is 0 Å². The van der Waals surface area contributed by atoms with Gasteiger partial charge in [-0.1, -0.05) is 0 Å². The zero-order chi connectivity index (χ0) is 13.2. The Hall–Kier alpha value is -1.27. The Morgan fingerprint density at radius 1 is 1.35 bits per heavy atom. The lowest BCUT2D eigenvalue weighted by Gasteiger charge is -2.22. The summed E-state index contributed by atoms with van der Waals surface area (Å²) in [5.74, 6) is 0. The minimum Gasteiger partial charge on any atom is -0.399 e. The van der Waals surface area contributed by atoms with Crippen molar-refractivity contribution in [2.45, 2.75) is 26.8 Å². The Labute approximate surface area is 103 Å². The van der Waals surface area contributed by atoms with Crippen molar-refractivity contribution in [3.05, 3.63) is 23.8 Å². The zero-order valence-electron chi connectivity index (χ0n) is 10.6. The van der Waals surface area contributed by atoms with Crippen LogP contribution in [0.1, 0.15) is 19.4 Å². The molecule has 0 atom stereocenters. The number of nitrogens with zero attached hydrogens (tertiary/aromatic N) is 1. The molecule has 1 rings (SSSR count). The summed E-state index contributed by atoms with van der Waals surface area (Å²) >= 11 is 0. The molecule has 1 aromatic rings. The van der Waals surface area contributed by atoms with Crippen LogP contribution in [0, 0.1) is 6.92 Å². The topological polar surface area (TPSA) is 75.4 Å². The van der Waals surface area contributed by atoms with Crippen LogP contribution >= 0.6 is 0 Å². The molecule has 0 aromatic heterocycles. The van der Waals surface area contributed by atoms with Gasteiger partial charge in [0.15, 0.2) is 0 Å². The van der Waals surface area contributed by atoms with E-state index in [-0.39, 0.29) is 6.04 Å². The fourth-order valence-electron chi connectivity index (χ4n) is 1.29. The zero-order valence-corrected chi connectivity index (χ0v) is 11.4. The van der Waals surface area contributed by atoms with Crippen molar-refractivity contribution in [1.82, 2.24) is 4.31 Å². The van der Waals surface area contributed by atoms with E-state index >= 15 is 0 Å². The van der Waals surface area contributed by atoms with Crippen LogP contribution in [0.5, 0.6) is 0 Å². The maximum atomic E-state index is 12.0. The van der Waals surface area contributed by atoms with Gasteiger partial charge in [-0.2, -0.15) is 12.7 Å². The molecule has 0 amide bonds. The van der Waals surface area contributed by atoms with Crippen molar-refractivity contribution in [2.24, 2.45) is 0 Å². The highest BCUT2D eigenvalue weighted by Gasteiger charge is 2.20. The molecule has 96 valence electrons. The summed E-state index contributed by atoms with van der Waals surface area (Å²) in [5, 5.41) is 0. The van der Waals surface area contributed by atoms with E-state index in [1.54, 1.807) is 25.2 Å². The first-order valence-electron chi connectivity index (χ1n) is 5.36. The fourth-order valence-corrected chi connectivity index (χ4v) is 2.50. The second-order valence-electron chi connectivity index (χ2n) is 4.29. The van der Waals surface area contributed by atoms with Crippen molar-refractivity contribution in [3.8, 4) is 0 Å². The summed E-state index contributed by atoms with van der Waals surface area (Å²) in [6.07, 6.45) is 0. The highest BCUT2D eigenvalue weighted by atomic mass is 32.2. The molecule has 0 heterocycles. The molecule has 0 aliphatic rings. The predicted octanol–water partition coefficient (Wildman–Crippen LogP) is 1.57. The number of hydrogen-bond donors (Lipinski definition) is 2. The SMILES string of the molecule is Cc1cc(N)ccc1NS(=O)(=O)N(C)C(C)C. The Balaban J connectivity index is 2.98. The van der Waals surface area contributed by atoms with E-state index < -0.39 is 10.2 Å². The number of anilines is 2. The van der Waals surface area contributed by atoms with Crippen LogP contribution in [-0.2, 0) is 10.2 Å². The summed E-state index contributed by atoms with van der Waals surface area (Å²) in [4.78, 5) is 0. The molecule has 0 unspecified atom stereocenters. The molecule has 0 saturated heterocycles. The van der Waals surface area contributed by atoms with Gasteiger partial charge in [0.05, 0.1) is 5.69 Å². The highest BCUT2D eigenvalue weighted by Crippen LogP contribution is 2.20. The van der Waals surface area contributed by atoms with Crippen LogP contribution in [0.25, 0.3) is 0 Å². The summed E-state index contributed by atoms with van der Waals surface area (Å²) in [6.45, 7) is 5.44. The third-order valence-electron chi connectivity index (χ3n) is 2.60. The molecule has 6 heteroatoms. The second kappa shape index (κ2) is 4.93. The molecule has 0 saturated carbocycles. The number of rotatable bonds is 4. The molecule has 5 nitrogen and oxygen atoms in total. The van der Waals surface area contributed by atoms with Gasteiger partial charge in [0.25, 0.3) is 0 Å². The molecule has 3 N–H and O–H groups in total. The Kier molecular flexibility index (Phi) is 4.00. The van der Waals surface area contributed by atoms with Crippen molar-refractivity contribution >= 4 is 21.6 Å². The maximum Gasteiger partial charge on any atom is 0.301 e. The standard InChI is InChI=1S/C11H19N3O2S/c1-8(2)14(4)17(15,16)13-11-6-5-10(12)7-9(11)3/h5-8,13H,12H2,1-4H3. The molecular weight excluding hydrogens is 238 g/mol. The maximum absolute atomic E-state index is 12.0. The third kappa shape index (κ3) is 3.34. The second-order valence-corrected chi connectivity index (χ2v) is 6.02. The highest BCUT2D eigenvalue weighted by molar-refractivity contribution is 7.90. The molecule has 0 radical (unpaired) electrons. The number of nitrogen functional groups attached to an aromatic ring is 1. The van der Waals surface area contributed by atoms with Crippen molar-refractivity contribution in [1.29, 1.82) is 0 Å². The lowest BCUT2D eigenvalue weighted by Crippen LogP contribution is -2.37. The fraction of sp³-hybridized carbons (Fsp3) is 0.455. The largest absolute Gasteiger partial charge is 0.399 e. The molecule has 0 spiro atoms. The molecule has 0 bridgehead atoms. The average molecular weight is 257 g/mol. The van der Waals surface area contributed by atoms with Gasteiger partial charge in [-0.05, 0) is 44.5 Å². The van der Waals surface area contributed by atoms with Gasteiger partial charge >= 0.3 is 10.2 Å². The summed E-state index contributed by atoms with van der Waals surface area (Å²) in [5.41, 5.74) is 7.57. The van der Waals surface area contributed by atoms with E-state index in [0.717, 1.165) is 5.56 Å². The monoisotopic (exact) mass is 257 g/mol. The predicted molar refractivity (Wildman–Crippen MR) is 71.0 cm³/mol. The van der Waals surface area contributed by atoms with Gasteiger partial charge in [0.2, 0.25) is 0 Å². The van der Waals surface area contributed by atoms with Gasteiger partial charge in [0, 0.05) is 18.8 Å². The third-order valence-corrected chi connectivity index (χ3v) is 4.25. The average Bonchev–Trinajstić information content (AvgIpc) is 2.21. The quantitative estimate of drug-likeness (QED) is 0.804. The van der Waals surface area contributed by atoms with Gasteiger partial charge < -0.3 is 5.73 Å². The van der Waals surface area contributed by atoms with Crippen molar-refractivity contribution < 1.29 is 8.42 Å². The minimum absolute atomic E-state index is 0.0958. The van der Waals surface area contributed by atoms with E-state index in [9.17, 15) is 8.42 Å². The van der Waals surface area contributed by atoms with Gasteiger partial charge in [-0.25, -0.2) is 0 Å². The van der Waals surface area contributed by atoms with E-state index in [1.807, 2.05) is 20.8 Å². The van der Waals surface area contributed by atoms with Crippen LogP contribution in [0.4, 0.5) is 11.4 Å². The molecule has 0 aliphatic heterocycles. The first-order valence-corrected chi connectivity index (χ1v) is 6.80. The summed E-state index contributed by atoms with van der Waals surface area (Å²) < 4.78 is 27.7. The minimum atomic E-state index is -3.51. The normalized spacial score (nSPS) is 12.1. The van der Waals surface area contributed by atoms with Crippen LogP contribution in [0.3, 0.4) is 0 Å². The van der Waals surface area contributed by atoms with E-state index in [0.29, 0.717) is 11.4 Å². The Morgan fingerprint density at radius 3 is 2.41 bits per heavy atom. The van der Waals surface area contributed by atoms with E-state index in [2.05, 4.69) is 4.72 Å². The number of aryl methyl sites for hydroxylation is 1. The molecular formula is C11H19N3O2S. The van der Waals surface area contributed by atoms with E-state index in [1.165, 1.54) is 4.31 Å². The Bertz CT molecular complexity index is 497. The molecule has 0 aliphatic carbocycles.